The van der Waals surface area contributed by atoms with Gasteiger partial charge in [-0.15, -0.1) is 0 Å². The molecule has 0 fully saturated rings. The van der Waals surface area contributed by atoms with Gasteiger partial charge in [-0.05, 0) is 34.6 Å². The van der Waals surface area contributed by atoms with Gasteiger partial charge in [0.05, 0.1) is 24.5 Å². The minimum atomic E-state index is -0.572. The highest BCUT2D eigenvalue weighted by Gasteiger charge is 2.25. The van der Waals surface area contributed by atoms with Crippen molar-refractivity contribution in [1.29, 1.82) is 0 Å². The van der Waals surface area contributed by atoms with Crippen LogP contribution in [0, 0.1) is 5.41 Å². The van der Waals surface area contributed by atoms with Crippen LogP contribution in [0.5, 0.6) is 0 Å². The first-order valence-electron chi connectivity index (χ1n) is 8.40. The van der Waals surface area contributed by atoms with Crippen LogP contribution in [0.2, 0.25) is 5.15 Å². The molecule has 1 unspecified atom stereocenters. The van der Waals surface area contributed by atoms with Gasteiger partial charge in [-0.2, -0.15) is 0 Å². The van der Waals surface area contributed by atoms with Crippen molar-refractivity contribution in [3.05, 3.63) is 17.8 Å². The summed E-state index contributed by atoms with van der Waals surface area (Å²) in [6, 6.07) is 0. The fourth-order valence-electron chi connectivity index (χ4n) is 1.96. The molecule has 2 aromatic heterocycles. The molecule has 0 aliphatic rings. The molecule has 9 heteroatoms. The van der Waals surface area contributed by atoms with Crippen molar-refractivity contribution in [2.45, 2.75) is 53.6 Å². The maximum absolute atomic E-state index is 12.0. The third-order valence-corrected chi connectivity index (χ3v) is 3.71. The number of carbonyl (C=O) groups excluding carboxylic acids is 1. The summed E-state index contributed by atoms with van der Waals surface area (Å²) in [4.78, 5) is 24.2. The quantitative estimate of drug-likeness (QED) is 0.510. The maximum Gasteiger partial charge on any atom is 0.311 e. The Morgan fingerprint density at radius 2 is 1.92 bits per heavy atom. The number of rotatable bonds is 8. The van der Waals surface area contributed by atoms with Gasteiger partial charge in [0.25, 0.3) is 0 Å². The van der Waals surface area contributed by atoms with E-state index in [-0.39, 0.29) is 30.6 Å². The van der Waals surface area contributed by atoms with E-state index in [4.69, 9.17) is 25.8 Å². The fourth-order valence-corrected chi connectivity index (χ4v) is 2.14. The Morgan fingerprint density at radius 1 is 1.19 bits per heavy atom. The lowest BCUT2D eigenvalue weighted by Gasteiger charge is -2.22. The van der Waals surface area contributed by atoms with Gasteiger partial charge in [0.1, 0.15) is 31.3 Å². The average molecular weight is 385 g/mol. The minimum Gasteiger partial charge on any atom is -0.462 e. The fraction of sp³-hybridized carbons (Fsp3) is 0.647. The van der Waals surface area contributed by atoms with Crippen LogP contribution in [-0.4, -0.2) is 50.9 Å². The second-order valence-electron chi connectivity index (χ2n) is 7.20. The molecular formula is C17H25ClN4O4. The number of ether oxygens (including phenoxy) is 3. The lowest BCUT2D eigenvalue weighted by molar-refractivity contribution is -0.161. The van der Waals surface area contributed by atoms with E-state index in [1.807, 2.05) is 13.8 Å². The Kier molecular flexibility index (Phi) is 6.91. The van der Waals surface area contributed by atoms with Gasteiger partial charge in [-0.3, -0.25) is 9.36 Å². The number of carbonyl (C=O) groups is 1. The van der Waals surface area contributed by atoms with Crippen molar-refractivity contribution in [3.63, 3.8) is 0 Å². The molecule has 144 valence electrons. The van der Waals surface area contributed by atoms with Crippen LogP contribution < -0.4 is 0 Å². The van der Waals surface area contributed by atoms with Crippen molar-refractivity contribution >= 4 is 28.7 Å². The Labute approximate surface area is 157 Å². The zero-order valence-electron chi connectivity index (χ0n) is 15.7. The Hall–Kier alpha value is -1.77. The second-order valence-corrected chi connectivity index (χ2v) is 7.56. The highest BCUT2D eigenvalue weighted by molar-refractivity contribution is 6.33. The third-order valence-electron chi connectivity index (χ3n) is 3.43. The number of esters is 1. The molecule has 2 heterocycles. The van der Waals surface area contributed by atoms with Gasteiger partial charge in [0, 0.05) is 0 Å². The number of imidazole rings is 1. The van der Waals surface area contributed by atoms with E-state index in [1.54, 1.807) is 31.7 Å². The van der Waals surface area contributed by atoms with Gasteiger partial charge >= 0.3 is 5.97 Å². The molecule has 2 rings (SSSR count). The van der Waals surface area contributed by atoms with Gasteiger partial charge in [0.15, 0.2) is 10.8 Å². The van der Waals surface area contributed by atoms with Crippen molar-refractivity contribution in [1.82, 2.24) is 19.5 Å². The van der Waals surface area contributed by atoms with E-state index in [2.05, 4.69) is 15.0 Å². The summed E-state index contributed by atoms with van der Waals surface area (Å²) in [5.74, 6) is -0.289. The predicted octanol–water partition coefficient (Wildman–Crippen LogP) is 2.84. The standard InChI is InChI=1S/C17H25ClN4O4/c1-11(2)24-6-12(7-25-16(23)17(3,4)5)26-10-22-9-21-13-14(18)19-8-20-15(13)22/h8-9,11-12H,6-7,10H2,1-5H3. The molecule has 8 nitrogen and oxygen atoms in total. The molecule has 2 aromatic rings. The SMILES string of the molecule is CC(C)OCC(COC(=O)C(C)(C)C)OCn1cnc2c(Cl)ncnc21. The lowest BCUT2D eigenvalue weighted by atomic mass is 9.97. The lowest BCUT2D eigenvalue weighted by Crippen LogP contribution is -2.32. The number of hydrogen-bond acceptors (Lipinski definition) is 7. The van der Waals surface area contributed by atoms with E-state index in [0.29, 0.717) is 17.8 Å². The summed E-state index contributed by atoms with van der Waals surface area (Å²) in [6.45, 7) is 9.84. The zero-order valence-corrected chi connectivity index (χ0v) is 16.5. The summed E-state index contributed by atoms with van der Waals surface area (Å²) < 4.78 is 18.5. The second kappa shape index (κ2) is 8.75. The molecule has 0 N–H and O–H groups in total. The molecule has 0 bridgehead atoms. The van der Waals surface area contributed by atoms with Crippen LogP contribution in [0.1, 0.15) is 34.6 Å². The number of fused-ring (bicyclic) bond motifs is 1. The zero-order chi connectivity index (χ0) is 19.3. The van der Waals surface area contributed by atoms with Crippen molar-refractivity contribution in [2.75, 3.05) is 13.2 Å². The number of aromatic nitrogens is 4. The molecular weight excluding hydrogens is 360 g/mol. The highest BCUT2D eigenvalue weighted by Crippen LogP contribution is 2.18. The number of hydrogen-bond donors (Lipinski definition) is 0. The van der Waals surface area contributed by atoms with E-state index in [9.17, 15) is 4.79 Å². The third kappa shape index (κ3) is 5.62. The molecule has 0 aromatic carbocycles. The van der Waals surface area contributed by atoms with Crippen molar-refractivity contribution in [3.8, 4) is 0 Å². The van der Waals surface area contributed by atoms with Gasteiger partial charge in [0.2, 0.25) is 0 Å². The number of nitrogens with zero attached hydrogens (tertiary/aromatic N) is 4. The molecule has 0 amide bonds. The van der Waals surface area contributed by atoms with E-state index in [0.717, 1.165) is 0 Å². The van der Waals surface area contributed by atoms with Gasteiger partial charge < -0.3 is 14.2 Å². The molecule has 0 aliphatic heterocycles. The Balaban J connectivity index is 2.01. The van der Waals surface area contributed by atoms with Crippen LogP contribution in [0.3, 0.4) is 0 Å². The topological polar surface area (TPSA) is 88.4 Å². The Morgan fingerprint density at radius 3 is 2.58 bits per heavy atom. The highest BCUT2D eigenvalue weighted by atomic mass is 35.5. The summed E-state index contributed by atoms with van der Waals surface area (Å²) in [5, 5.41) is 0.285. The van der Waals surface area contributed by atoms with Crippen LogP contribution in [0.25, 0.3) is 11.2 Å². The molecule has 1 atom stereocenters. The van der Waals surface area contributed by atoms with Crippen molar-refractivity contribution in [2.24, 2.45) is 5.41 Å². The first kappa shape index (κ1) is 20.5. The van der Waals surface area contributed by atoms with E-state index >= 15 is 0 Å². The largest absolute Gasteiger partial charge is 0.462 e. The molecule has 0 saturated heterocycles. The predicted molar refractivity (Wildman–Crippen MR) is 96.7 cm³/mol. The Bertz CT molecular complexity index is 742. The maximum atomic E-state index is 12.0. The smallest absolute Gasteiger partial charge is 0.311 e. The normalized spacial score (nSPS) is 13.3. The molecule has 0 saturated carbocycles. The minimum absolute atomic E-state index is 0.0417. The van der Waals surface area contributed by atoms with E-state index < -0.39 is 11.5 Å². The molecule has 0 aliphatic carbocycles. The first-order chi connectivity index (χ1) is 12.2. The summed E-state index contributed by atoms with van der Waals surface area (Å²) in [6.07, 6.45) is 2.57. The molecule has 0 spiro atoms. The summed E-state index contributed by atoms with van der Waals surface area (Å²) in [7, 11) is 0. The first-order valence-corrected chi connectivity index (χ1v) is 8.78. The van der Waals surface area contributed by atoms with Crippen LogP contribution >= 0.6 is 11.6 Å². The van der Waals surface area contributed by atoms with E-state index in [1.165, 1.54) is 6.33 Å². The average Bonchev–Trinajstić information content (AvgIpc) is 2.97. The van der Waals surface area contributed by atoms with Crippen LogP contribution in [0.15, 0.2) is 12.7 Å². The number of halogens is 1. The summed E-state index contributed by atoms with van der Waals surface area (Å²) in [5.41, 5.74) is 0.504. The monoisotopic (exact) mass is 384 g/mol. The molecule has 0 radical (unpaired) electrons. The summed E-state index contributed by atoms with van der Waals surface area (Å²) >= 11 is 6.00. The van der Waals surface area contributed by atoms with Gasteiger partial charge in [-0.25, -0.2) is 15.0 Å². The van der Waals surface area contributed by atoms with Crippen LogP contribution in [-0.2, 0) is 25.7 Å². The molecule has 26 heavy (non-hydrogen) atoms. The van der Waals surface area contributed by atoms with Crippen molar-refractivity contribution < 1.29 is 19.0 Å². The van der Waals surface area contributed by atoms with Crippen LogP contribution in [0.4, 0.5) is 0 Å². The van der Waals surface area contributed by atoms with Gasteiger partial charge in [-0.1, -0.05) is 11.6 Å².